The first-order chi connectivity index (χ1) is 14.0. The van der Waals surface area contributed by atoms with Crippen molar-refractivity contribution in [3.05, 3.63) is 53.6 Å². The summed E-state index contributed by atoms with van der Waals surface area (Å²) in [6.07, 6.45) is 1.64. The minimum absolute atomic E-state index is 0.00147. The Hall–Kier alpha value is -3.02. The van der Waals surface area contributed by atoms with E-state index in [4.69, 9.17) is 9.47 Å². The minimum Gasteiger partial charge on any atom is -0.496 e. The molecule has 2 aliphatic rings. The third-order valence-electron chi connectivity index (χ3n) is 5.88. The number of methoxy groups -OCH3 is 2. The zero-order valence-corrected chi connectivity index (χ0v) is 17.1. The van der Waals surface area contributed by atoms with Crippen LogP contribution in [0.15, 0.2) is 42.5 Å². The lowest BCUT2D eigenvalue weighted by Crippen LogP contribution is -2.52. The molecule has 0 radical (unpaired) electrons. The number of hydrogen-bond acceptors (Lipinski definition) is 4. The van der Waals surface area contributed by atoms with E-state index in [1.807, 2.05) is 54.3 Å². The fourth-order valence-electron chi connectivity index (χ4n) is 4.45. The predicted molar refractivity (Wildman–Crippen MR) is 110 cm³/mol. The number of aryl methyl sites for hydroxylation is 2. The van der Waals surface area contributed by atoms with Gasteiger partial charge in [-0.15, -0.1) is 0 Å². The minimum atomic E-state index is -0.379. The summed E-state index contributed by atoms with van der Waals surface area (Å²) in [4.78, 5) is 29.5. The average molecular weight is 394 g/mol. The average Bonchev–Trinajstić information content (AvgIpc) is 3.30. The first kappa shape index (κ1) is 19.3. The number of ether oxygens (including phenoxy) is 2. The van der Waals surface area contributed by atoms with Crippen molar-refractivity contribution in [3.63, 3.8) is 0 Å². The van der Waals surface area contributed by atoms with Gasteiger partial charge in [0.1, 0.15) is 17.5 Å². The molecule has 0 aliphatic carbocycles. The van der Waals surface area contributed by atoms with Gasteiger partial charge in [-0.1, -0.05) is 24.3 Å². The van der Waals surface area contributed by atoms with E-state index in [-0.39, 0.29) is 23.9 Å². The summed E-state index contributed by atoms with van der Waals surface area (Å²) in [5, 5.41) is 0. The van der Waals surface area contributed by atoms with E-state index in [1.54, 1.807) is 19.1 Å². The van der Waals surface area contributed by atoms with Crippen LogP contribution in [-0.4, -0.2) is 49.6 Å². The number of carbonyl (C=O) groups excluding carboxylic acids is 2. The summed E-state index contributed by atoms with van der Waals surface area (Å²) in [7, 11) is 3.24. The second-order valence-electron chi connectivity index (χ2n) is 7.65. The van der Waals surface area contributed by atoms with E-state index in [9.17, 15) is 9.59 Å². The fraction of sp³-hybridized carbons (Fsp3) is 0.391. The molecule has 2 aromatic carbocycles. The second kappa shape index (κ2) is 7.78. The Morgan fingerprint density at radius 3 is 2.59 bits per heavy atom. The van der Waals surface area contributed by atoms with Gasteiger partial charge < -0.3 is 19.3 Å². The van der Waals surface area contributed by atoms with Crippen molar-refractivity contribution in [2.75, 3.05) is 25.7 Å². The van der Waals surface area contributed by atoms with Crippen molar-refractivity contribution in [1.29, 1.82) is 0 Å². The molecule has 0 saturated carbocycles. The topological polar surface area (TPSA) is 59.1 Å². The molecule has 2 saturated heterocycles. The van der Waals surface area contributed by atoms with Gasteiger partial charge in [-0.05, 0) is 49.1 Å². The molecule has 4 rings (SSSR count). The van der Waals surface area contributed by atoms with Crippen LogP contribution in [-0.2, 0) is 16.0 Å². The molecule has 0 unspecified atom stereocenters. The number of benzene rings is 2. The van der Waals surface area contributed by atoms with Crippen LogP contribution in [0, 0.1) is 6.92 Å². The molecule has 6 nitrogen and oxygen atoms in total. The molecular formula is C23H26N2O4. The Balaban J connectivity index is 1.46. The second-order valence-corrected chi connectivity index (χ2v) is 7.65. The van der Waals surface area contributed by atoms with Gasteiger partial charge in [-0.3, -0.25) is 9.59 Å². The van der Waals surface area contributed by atoms with Crippen molar-refractivity contribution < 1.29 is 19.1 Å². The summed E-state index contributed by atoms with van der Waals surface area (Å²) in [6, 6.07) is 13.2. The molecule has 2 bridgehead atoms. The lowest BCUT2D eigenvalue weighted by atomic mass is 10.1. The summed E-state index contributed by atoms with van der Waals surface area (Å²) >= 11 is 0. The molecule has 2 fully saturated rings. The van der Waals surface area contributed by atoms with Gasteiger partial charge >= 0.3 is 0 Å². The monoisotopic (exact) mass is 394 g/mol. The fourth-order valence-corrected chi connectivity index (χ4v) is 4.45. The number of piperazine rings is 1. The number of para-hydroxylation sites is 1. The first-order valence-electron chi connectivity index (χ1n) is 9.92. The number of fused-ring (bicyclic) bond motifs is 2. The maximum Gasteiger partial charge on any atom is 0.250 e. The van der Waals surface area contributed by atoms with Crippen molar-refractivity contribution in [3.8, 4) is 11.5 Å². The van der Waals surface area contributed by atoms with Crippen molar-refractivity contribution in [2.24, 2.45) is 0 Å². The Bertz CT molecular complexity index is 942. The van der Waals surface area contributed by atoms with Gasteiger partial charge in [0.2, 0.25) is 11.8 Å². The van der Waals surface area contributed by atoms with Crippen LogP contribution in [0.25, 0.3) is 0 Å². The highest BCUT2D eigenvalue weighted by atomic mass is 16.5. The molecule has 0 spiro atoms. The number of rotatable bonds is 6. The molecule has 6 heteroatoms. The highest BCUT2D eigenvalue weighted by Gasteiger charge is 2.52. The molecule has 0 aromatic heterocycles. The van der Waals surface area contributed by atoms with Crippen molar-refractivity contribution in [1.82, 2.24) is 4.90 Å². The normalized spacial score (nSPS) is 20.3. The summed E-state index contributed by atoms with van der Waals surface area (Å²) < 4.78 is 10.8. The molecule has 2 amide bonds. The van der Waals surface area contributed by atoms with Crippen LogP contribution in [0.2, 0.25) is 0 Å². The quantitative estimate of drug-likeness (QED) is 0.756. The maximum atomic E-state index is 13.1. The number of nitrogens with zero attached hydrogens (tertiary/aromatic N) is 2. The smallest absolute Gasteiger partial charge is 0.250 e. The van der Waals surface area contributed by atoms with Crippen LogP contribution in [0.1, 0.15) is 24.0 Å². The Labute approximate surface area is 171 Å². The third kappa shape index (κ3) is 3.43. The van der Waals surface area contributed by atoms with Gasteiger partial charge in [-0.25, -0.2) is 0 Å². The van der Waals surface area contributed by atoms with Crippen molar-refractivity contribution in [2.45, 2.75) is 38.3 Å². The van der Waals surface area contributed by atoms with Crippen molar-refractivity contribution >= 4 is 17.5 Å². The molecule has 2 aliphatic heterocycles. The van der Waals surface area contributed by atoms with Gasteiger partial charge in [0, 0.05) is 13.0 Å². The lowest BCUT2D eigenvalue weighted by molar-refractivity contribution is -0.138. The first-order valence-corrected chi connectivity index (χ1v) is 9.92. The van der Waals surface area contributed by atoms with Gasteiger partial charge in [0.05, 0.1) is 25.9 Å². The molecule has 29 heavy (non-hydrogen) atoms. The van der Waals surface area contributed by atoms with Crippen LogP contribution in [0.4, 0.5) is 5.69 Å². The van der Waals surface area contributed by atoms with Gasteiger partial charge in [-0.2, -0.15) is 0 Å². The van der Waals surface area contributed by atoms with Crippen LogP contribution in [0.5, 0.6) is 11.5 Å². The van der Waals surface area contributed by atoms with Gasteiger partial charge in [0.25, 0.3) is 0 Å². The lowest BCUT2D eigenvalue weighted by Gasteiger charge is -2.34. The Kier molecular flexibility index (Phi) is 5.18. The van der Waals surface area contributed by atoms with E-state index in [1.165, 1.54) is 0 Å². The molecule has 2 aromatic rings. The standard InChI is InChI=1S/C23H26N2O4/c1-15-8-10-21(29-3)18(12-15)25-17-13-19(23(25)27)24(14-17)22(26)11-9-16-6-4-5-7-20(16)28-2/h4-8,10,12,17,19H,9,11,13-14H2,1-3H3/t17-,19-/m0/s1. The van der Waals surface area contributed by atoms with Crippen LogP contribution >= 0.6 is 0 Å². The predicted octanol–water partition coefficient (Wildman–Crippen LogP) is 2.96. The molecule has 0 N–H and O–H groups in total. The summed E-state index contributed by atoms with van der Waals surface area (Å²) in [5.41, 5.74) is 2.87. The van der Waals surface area contributed by atoms with Crippen LogP contribution in [0.3, 0.4) is 0 Å². The zero-order valence-electron chi connectivity index (χ0n) is 17.1. The highest BCUT2D eigenvalue weighted by Crippen LogP contribution is 2.40. The molecular weight excluding hydrogens is 368 g/mol. The van der Waals surface area contributed by atoms with Gasteiger partial charge in [0.15, 0.2) is 0 Å². The number of anilines is 1. The van der Waals surface area contributed by atoms with E-state index in [0.717, 1.165) is 22.6 Å². The summed E-state index contributed by atoms with van der Waals surface area (Å²) in [6.45, 7) is 2.56. The number of likely N-dealkylation sites (tertiary alicyclic amines) is 1. The third-order valence-corrected chi connectivity index (χ3v) is 5.88. The number of amides is 2. The highest BCUT2D eigenvalue weighted by molar-refractivity contribution is 6.04. The molecule has 2 atom stereocenters. The van der Waals surface area contributed by atoms with E-state index in [0.29, 0.717) is 31.6 Å². The molecule has 2 heterocycles. The van der Waals surface area contributed by atoms with Crippen LogP contribution < -0.4 is 14.4 Å². The van der Waals surface area contributed by atoms with E-state index >= 15 is 0 Å². The SMILES string of the molecule is COc1ccccc1CCC(=O)N1C[C@@H]2C[C@H]1C(=O)N2c1cc(C)ccc1OC. The van der Waals surface area contributed by atoms with E-state index < -0.39 is 0 Å². The van der Waals surface area contributed by atoms with E-state index in [2.05, 4.69) is 0 Å². The summed E-state index contributed by atoms with van der Waals surface area (Å²) in [5.74, 6) is 1.48. The Morgan fingerprint density at radius 1 is 1.10 bits per heavy atom. The molecule has 152 valence electrons. The Morgan fingerprint density at radius 2 is 1.86 bits per heavy atom. The number of carbonyl (C=O) groups is 2. The zero-order chi connectivity index (χ0) is 20.5. The largest absolute Gasteiger partial charge is 0.496 e. The number of hydrogen-bond donors (Lipinski definition) is 0. The maximum absolute atomic E-state index is 13.1.